The van der Waals surface area contributed by atoms with Crippen molar-refractivity contribution in [2.45, 2.75) is 73.1 Å². The molecule has 0 bridgehead atoms. The number of carbonyl (C=O) groups is 1. The maximum absolute atomic E-state index is 11.4. The third-order valence-corrected chi connectivity index (χ3v) is 6.12. The summed E-state index contributed by atoms with van der Waals surface area (Å²) in [4.78, 5) is 11.4. The molecular formula is C18H32O. The molecule has 4 atom stereocenters. The molecule has 4 unspecified atom stereocenters. The van der Waals surface area contributed by atoms with Crippen LogP contribution in [0.1, 0.15) is 73.1 Å². The van der Waals surface area contributed by atoms with E-state index >= 15 is 0 Å². The van der Waals surface area contributed by atoms with Crippen molar-refractivity contribution >= 4 is 6.29 Å². The van der Waals surface area contributed by atoms with Gasteiger partial charge in [-0.15, -0.1) is 0 Å². The van der Waals surface area contributed by atoms with Crippen molar-refractivity contribution in [2.24, 2.45) is 34.5 Å². The molecular weight excluding hydrogens is 232 g/mol. The van der Waals surface area contributed by atoms with Gasteiger partial charge >= 0.3 is 0 Å². The molecule has 2 fully saturated rings. The Morgan fingerprint density at radius 1 is 1.16 bits per heavy atom. The highest BCUT2D eigenvalue weighted by atomic mass is 16.1. The summed E-state index contributed by atoms with van der Waals surface area (Å²) >= 11 is 0. The lowest BCUT2D eigenvalue weighted by molar-refractivity contribution is -0.112. The van der Waals surface area contributed by atoms with Crippen LogP contribution in [-0.2, 0) is 4.79 Å². The summed E-state index contributed by atoms with van der Waals surface area (Å²) < 4.78 is 0. The molecule has 0 aromatic carbocycles. The average Bonchev–Trinajstić information content (AvgIpc) is 2.85. The predicted molar refractivity (Wildman–Crippen MR) is 81.0 cm³/mol. The van der Waals surface area contributed by atoms with Gasteiger partial charge in [-0.2, -0.15) is 0 Å². The number of aldehydes is 1. The van der Waals surface area contributed by atoms with E-state index in [1.54, 1.807) is 0 Å². The molecule has 0 aliphatic heterocycles. The Morgan fingerprint density at radius 2 is 1.84 bits per heavy atom. The summed E-state index contributed by atoms with van der Waals surface area (Å²) in [5.74, 6) is 2.92. The second-order valence-corrected chi connectivity index (χ2v) is 8.66. The van der Waals surface area contributed by atoms with Crippen LogP contribution in [0.2, 0.25) is 0 Å². The lowest BCUT2D eigenvalue weighted by Crippen LogP contribution is -2.25. The summed E-state index contributed by atoms with van der Waals surface area (Å²) in [7, 11) is 0. The average molecular weight is 264 g/mol. The first-order valence-electron chi connectivity index (χ1n) is 8.24. The molecule has 0 heterocycles. The van der Waals surface area contributed by atoms with Crippen LogP contribution in [0.15, 0.2) is 0 Å². The molecule has 2 aliphatic carbocycles. The van der Waals surface area contributed by atoms with Crippen LogP contribution in [-0.4, -0.2) is 6.29 Å². The number of hydrogen-bond acceptors (Lipinski definition) is 1. The van der Waals surface area contributed by atoms with Gasteiger partial charge in [0.15, 0.2) is 0 Å². The van der Waals surface area contributed by atoms with Crippen LogP contribution in [0.4, 0.5) is 0 Å². The maximum Gasteiger partial charge on any atom is 0.123 e. The normalized spacial score (nSPS) is 37.8. The molecule has 1 heteroatoms. The van der Waals surface area contributed by atoms with Crippen molar-refractivity contribution in [1.29, 1.82) is 0 Å². The van der Waals surface area contributed by atoms with Crippen LogP contribution >= 0.6 is 0 Å². The Balaban J connectivity index is 1.88. The Kier molecular flexibility index (Phi) is 4.14. The molecule has 0 N–H and O–H groups in total. The number of rotatable bonds is 6. The summed E-state index contributed by atoms with van der Waals surface area (Å²) in [5.41, 5.74) is 1.02. The zero-order valence-electron chi connectivity index (χ0n) is 13.5. The van der Waals surface area contributed by atoms with Gasteiger partial charge in [0.2, 0.25) is 0 Å². The zero-order chi connectivity index (χ0) is 14.3. The van der Waals surface area contributed by atoms with Crippen LogP contribution in [0.5, 0.6) is 0 Å². The Labute approximate surface area is 119 Å². The van der Waals surface area contributed by atoms with Crippen LogP contribution in [0.3, 0.4) is 0 Å². The molecule has 0 aromatic heterocycles. The minimum atomic E-state index is 0.297. The summed E-state index contributed by atoms with van der Waals surface area (Å²) in [5, 5.41) is 0. The number of fused-ring (bicyclic) bond motifs is 1. The fraction of sp³-hybridized carbons (Fsp3) is 0.944. The minimum Gasteiger partial charge on any atom is -0.303 e. The molecule has 110 valence electrons. The maximum atomic E-state index is 11.4. The van der Waals surface area contributed by atoms with Gasteiger partial charge in [0.1, 0.15) is 6.29 Å². The number of carbonyl (C=O) groups excluding carboxylic acids is 1. The van der Waals surface area contributed by atoms with Gasteiger partial charge in [-0.1, -0.05) is 41.0 Å². The van der Waals surface area contributed by atoms with Gasteiger partial charge in [0.05, 0.1) is 0 Å². The van der Waals surface area contributed by atoms with E-state index in [-0.39, 0.29) is 0 Å². The summed E-state index contributed by atoms with van der Waals surface area (Å²) in [6.07, 6.45) is 8.73. The first-order valence-corrected chi connectivity index (χ1v) is 8.24. The molecule has 0 saturated heterocycles. The third-order valence-electron chi connectivity index (χ3n) is 6.12. The Bertz CT molecular complexity index is 331. The Morgan fingerprint density at radius 3 is 2.37 bits per heavy atom. The zero-order valence-corrected chi connectivity index (χ0v) is 13.5. The lowest BCUT2D eigenvalue weighted by Gasteiger charge is -2.35. The quantitative estimate of drug-likeness (QED) is 0.611. The first-order chi connectivity index (χ1) is 8.78. The first kappa shape index (κ1) is 15.1. The van der Waals surface area contributed by atoms with E-state index in [4.69, 9.17) is 0 Å². The predicted octanol–water partition coefficient (Wildman–Crippen LogP) is 5.09. The van der Waals surface area contributed by atoms with E-state index in [1.165, 1.54) is 32.0 Å². The minimum absolute atomic E-state index is 0.297. The molecule has 0 amide bonds. The SMILES string of the molecule is CC(C)CCC(C=O)CC1(C)CCC2C(C1)C2(C)C. The van der Waals surface area contributed by atoms with Gasteiger partial charge < -0.3 is 4.79 Å². The van der Waals surface area contributed by atoms with Crippen LogP contribution < -0.4 is 0 Å². The summed E-state index contributed by atoms with van der Waals surface area (Å²) in [6, 6.07) is 0. The molecule has 0 spiro atoms. The van der Waals surface area contributed by atoms with E-state index in [1.807, 2.05) is 0 Å². The van der Waals surface area contributed by atoms with Crippen molar-refractivity contribution in [3.63, 3.8) is 0 Å². The van der Waals surface area contributed by atoms with Crippen molar-refractivity contribution in [3.05, 3.63) is 0 Å². The molecule has 2 saturated carbocycles. The van der Waals surface area contributed by atoms with Gasteiger partial charge in [-0.25, -0.2) is 0 Å². The van der Waals surface area contributed by atoms with Crippen molar-refractivity contribution in [1.82, 2.24) is 0 Å². The monoisotopic (exact) mass is 264 g/mol. The van der Waals surface area contributed by atoms with Crippen LogP contribution in [0.25, 0.3) is 0 Å². The fourth-order valence-electron chi connectivity index (χ4n) is 4.56. The van der Waals surface area contributed by atoms with E-state index < -0.39 is 0 Å². The topological polar surface area (TPSA) is 17.1 Å². The highest BCUT2D eigenvalue weighted by molar-refractivity contribution is 5.53. The van der Waals surface area contributed by atoms with E-state index in [2.05, 4.69) is 34.6 Å². The summed E-state index contributed by atoms with van der Waals surface area (Å²) in [6.45, 7) is 11.8. The van der Waals surface area contributed by atoms with Gasteiger partial charge in [0, 0.05) is 5.92 Å². The standard InChI is InChI=1S/C18H32O/c1-13(2)6-7-14(12-19)10-18(5)9-8-15-16(11-18)17(15,3)4/h12-16H,6-11H2,1-5H3. The largest absolute Gasteiger partial charge is 0.303 e. The smallest absolute Gasteiger partial charge is 0.123 e. The highest BCUT2D eigenvalue weighted by Gasteiger charge is 2.61. The molecule has 2 aliphatic rings. The van der Waals surface area contributed by atoms with Gasteiger partial charge in [0.25, 0.3) is 0 Å². The second-order valence-electron chi connectivity index (χ2n) is 8.66. The molecule has 19 heavy (non-hydrogen) atoms. The highest BCUT2D eigenvalue weighted by Crippen LogP contribution is 2.68. The fourth-order valence-corrected chi connectivity index (χ4v) is 4.56. The second kappa shape index (κ2) is 5.22. The molecule has 2 rings (SSSR count). The van der Waals surface area contributed by atoms with Crippen molar-refractivity contribution in [3.8, 4) is 0 Å². The van der Waals surface area contributed by atoms with Gasteiger partial charge in [-0.3, -0.25) is 0 Å². The van der Waals surface area contributed by atoms with Crippen LogP contribution in [0, 0.1) is 34.5 Å². The Hall–Kier alpha value is -0.330. The third kappa shape index (κ3) is 3.23. The van der Waals surface area contributed by atoms with Crippen molar-refractivity contribution < 1.29 is 4.79 Å². The molecule has 1 nitrogen and oxygen atoms in total. The van der Waals surface area contributed by atoms with Gasteiger partial charge in [-0.05, 0) is 60.7 Å². The van der Waals surface area contributed by atoms with Crippen molar-refractivity contribution in [2.75, 3.05) is 0 Å². The lowest BCUT2D eigenvalue weighted by atomic mass is 9.70. The van der Waals surface area contributed by atoms with E-state index in [9.17, 15) is 4.79 Å². The molecule has 0 aromatic rings. The van der Waals surface area contributed by atoms with E-state index in [0.29, 0.717) is 22.7 Å². The van der Waals surface area contributed by atoms with E-state index in [0.717, 1.165) is 24.7 Å². The number of hydrogen-bond donors (Lipinski definition) is 0. The molecule has 0 radical (unpaired) electrons.